The van der Waals surface area contributed by atoms with Crippen molar-refractivity contribution < 1.29 is 0 Å². The zero-order chi connectivity index (χ0) is 18.9. The fraction of sp³-hybridized carbons (Fsp3) is 0.190. The molecule has 6 heteroatoms. The monoisotopic (exact) mass is 396 g/mol. The van der Waals surface area contributed by atoms with E-state index in [0.717, 1.165) is 40.2 Å². The van der Waals surface area contributed by atoms with Gasteiger partial charge in [0.1, 0.15) is 0 Å². The second-order valence-electron chi connectivity index (χ2n) is 5.91. The first-order chi connectivity index (χ1) is 13.3. The normalized spacial score (nSPS) is 11.6. The van der Waals surface area contributed by atoms with Crippen LogP contribution in [0.1, 0.15) is 30.3 Å². The van der Waals surface area contributed by atoms with Crippen LogP contribution in [0.3, 0.4) is 0 Å². The minimum atomic E-state index is 0.743. The molecular formula is C21H21ClN4S. The van der Waals surface area contributed by atoms with Crippen LogP contribution in [0.25, 0.3) is 6.08 Å². The van der Waals surface area contributed by atoms with Gasteiger partial charge in [0.15, 0.2) is 5.82 Å². The fourth-order valence-electron chi connectivity index (χ4n) is 2.43. The molecule has 0 radical (unpaired) electrons. The minimum Gasteiger partial charge on any atom is -0.191 e. The van der Waals surface area contributed by atoms with Gasteiger partial charge in [-0.2, -0.15) is 9.78 Å². The molecule has 0 aliphatic rings. The molecule has 0 spiro atoms. The molecule has 0 saturated heterocycles. The van der Waals surface area contributed by atoms with E-state index in [2.05, 4.69) is 34.4 Å². The maximum Gasteiger partial charge on any atom is 0.212 e. The molecule has 0 fully saturated rings. The Kier molecular flexibility index (Phi) is 7.25. The summed E-state index contributed by atoms with van der Waals surface area (Å²) >= 11 is 7.56. The summed E-state index contributed by atoms with van der Waals surface area (Å²) in [5.74, 6) is 1.66. The highest BCUT2D eigenvalue weighted by Crippen LogP contribution is 2.23. The van der Waals surface area contributed by atoms with Crippen molar-refractivity contribution in [3.63, 3.8) is 0 Å². The van der Waals surface area contributed by atoms with Gasteiger partial charge in [0.25, 0.3) is 0 Å². The Bertz CT molecular complexity index is 902. The smallest absolute Gasteiger partial charge is 0.191 e. The second-order valence-corrected chi connectivity index (χ2v) is 7.29. The minimum absolute atomic E-state index is 0.743. The third-order valence-electron chi connectivity index (χ3n) is 3.79. The zero-order valence-electron chi connectivity index (χ0n) is 15.1. The highest BCUT2D eigenvalue weighted by Gasteiger charge is 2.11. The number of aromatic nitrogens is 3. The van der Waals surface area contributed by atoms with Crippen LogP contribution in [-0.2, 0) is 12.2 Å². The van der Waals surface area contributed by atoms with Gasteiger partial charge in [0, 0.05) is 23.4 Å². The summed E-state index contributed by atoms with van der Waals surface area (Å²) in [5.41, 5.74) is 2.32. The van der Waals surface area contributed by atoms with Gasteiger partial charge in [0.2, 0.25) is 5.16 Å². The molecule has 0 amide bonds. The van der Waals surface area contributed by atoms with E-state index in [1.165, 1.54) is 5.56 Å². The van der Waals surface area contributed by atoms with E-state index in [-0.39, 0.29) is 0 Å². The molecule has 0 atom stereocenters. The summed E-state index contributed by atoms with van der Waals surface area (Å²) in [5, 5.41) is 14.7. The Balaban J connectivity index is 1.71. The SMILES string of the molecule is CCCc1nnc(SCc2ccc(Cl)cc2)n1/N=C\C=C/c1ccccc1. The molecule has 138 valence electrons. The molecular weight excluding hydrogens is 376 g/mol. The molecule has 0 aliphatic carbocycles. The lowest BCUT2D eigenvalue weighted by Gasteiger charge is -2.04. The highest BCUT2D eigenvalue weighted by molar-refractivity contribution is 7.98. The van der Waals surface area contributed by atoms with Crippen LogP contribution in [0.2, 0.25) is 5.02 Å². The van der Waals surface area contributed by atoms with Crippen molar-refractivity contribution in [3.05, 3.63) is 82.6 Å². The van der Waals surface area contributed by atoms with E-state index < -0.39 is 0 Å². The number of hydrogen-bond donors (Lipinski definition) is 0. The largest absolute Gasteiger partial charge is 0.212 e. The number of thioether (sulfide) groups is 1. The molecule has 4 nitrogen and oxygen atoms in total. The average Bonchev–Trinajstić information content (AvgIpc) is 3.07. The number of nitrogens with zero attached hydrogens (tertiary/aromatic N) is 4. The third kappa shape index (κ3) is 5.81. The van der Waals surface area contributed by atoms with E-state index in [1.54, 1.807) is 18.0 Å². The molecule has 27 heavy (non-hydrogen) atoms. The lowest BCUT2D eigenvalue weighted by atomic mass is 10.2. The summed E-state index contributed by atoms with van der Waals surface area (Å²) in [4.78, 5) is 0. The van der Waals surface area contributed by atoms with E-state index in [1.807, 2.05) is 59.3 Å². The van der Waals surface area contributed by atoms with Crippen molar-refractivity contribution in [1.29, 1.82) is 0 Å². The maximum atomic E-state index is 5.95. The van der Waals surface area contributed by atoms with Crippen molar-refractivity contribution in [2.24, 2.45) is 5.10 Å². The highest BCUT2D eigenvalue weighted by atomic mass is 35.5. The van der Waals surface area contributed by atoms with Crippen molar-refractivity contribution in [2.75, 3.05) is 0 Å². The molecule has 0 N–H and O–H groups in total. The predicted molar refractivity (Wildman–Crippen MR) is 114 cm³/mol. The summed E-state index contributed by atoms with van der Waals surface area (Å²) in [6.45, 7) is 2.12. The molecule has 0 aliphatic heterocycles. The van der Waals surface area contributed by atoms with Gasteiger partial charge in [-0.1, -0.05) is 78.8 Å². The molecule has 1 heterocycles. The first kappa shape index (κ1) is 19.4. The van der Waals surface area contributed by atoms with E-state index in [0.29, 0.717) is 0 Å². The molecule has 0 bridgehead atoms. The number of allylic oxidation sites excluding steroid dienone is 1. The Morgan fingerprint density at radius 1 is 1.07 bits per heavy atom. The summed E-state index contributed by atoms with van der Waals surface area (Å²) in [7, 11) is 0. The quantitative estimate of drug-likeness (QED) is 0.361. The lowest BCUT2D eigenvalue weighted by Crippen LogP contribution is -1.99. The summed E-state index contributed by atoms with van der Waals surface area (Å²) in [6, 6.07) is 18.0. The number of rotatable bonds is 8. The van der Waals surface area contributed by atoms with Crippen LogP contribution in [0.4, 0.5) is 0 Å². The van der Waals surface area contributed by atoms with Crippen LogP contribution < -0.4 is 0 Å². The van der Waals surface area contributed by atoms with Crippen molar-refractivity contribution in [2.45, 2.75) is 30.7 Å². The van der Waals surface area contributed by atoms with Gasteiger partial charge in [-0.05, 0) is 35.8 Å². The average molecular weight is 397 g/mol. The Labute approximate surface area is 169 Å². The van der Waals surface area contributed by atoms with Crippen LogP contribution in [-0.4, -0.2) is 21.1 Å². The molecule has 0 unspecified atom stereocenters. The molecule has 0 saturated carbocycles. The van der Waals surface area contributed by atoms with Crippen molar-refractivity contribution in [1.82, 2.24) is 14.9 Å². The fourth-order valence-corrected chi connectivity index (χ4v) is 3.42. The Hall–Kier alpha value is -2.37. The van der Waals surface area contributed by atoms with Crippen LogP contribution in [0, 0.1) is 0 Å². The van der Waals surface area contributed by atoms with Crippen LogP contribution in [0.5, 0.6) is 0 Å². The second kappa shape index (κ2) is 10.1. The van der Waals surface area contributed by atoms with E-state index >= 15 is 0 Å². The molecule has 2 aromatic carbocycles. The maximum absolute atomic E-state index is 5.95. The van der Waals surface area contributed by atoms with E-state index in [9.17, 15) is 0 Å². The van der Waals surface area contributed by atoms with Gasteiger partial charge in [0.05, 0.1) is 0 Å². The number of halogens is 1. The first-order valence-corrected chi connectivity index (χ1v) is 10.2. The predicted octanol–water partition coefficient (Wildman–Crippen LogP) is 5.72. The molecule has 3 aromatic rings. The molecule has 3 rings (SSSR count). The number of benzene rings is 2. The lowest BCUT2D eigenvalue weighted by molar-refractivity contribution is 0.700. The van der Waals surface area contributed by atoms with Crippen molar-refractivity contribution in [3.8, 4) is 0 Å². The van der Waals surface area contributed by atoms with Gasteiger partial charge >= 0.3 is 0 Å². The van der Waals surface area contributed by atoms with E-state index in [4.69, 9.17) is 11.6 Å². The summed E-state index contributed by atoms with van der Waals surface area (Å²) in [6.07, 6.45) is 7.57. The van der Waals surface area contributed by atoms with Crippen molar-refractivity contribution >= 4 is 35.7 Å². The van der Waals surface area contributed by atoms with Crippen LogP contribution >= 0.6 is 23.4 Å². The van der Waals surface area contributed by atoms with Gasteiger partial charge in [-0.25, -0.2) is 0 Å². The van der Waals surface area contributed by atoms with Crippen LogP contribution in [0.15, 0.2) is 70.9 Å². The first-order valence-electron chi connectivity index (χ1n) is 8.84. The number of hydrogen-bond acceptors (Lipinski definition) is 4. The van der Waals surface area contributed by atoms with Gasteiger partial charge in [-0.15, -0.1) is 10.2 Å². The van der Waals surface area contributed by atoms with Gasteiger partial charge < -0.3 is 0 Å². The Morgan fingerprint density at radius 2 is 1.85 bits per heavy atom. The molecule has 1 aromatic heterocycles. The zero-order valence-corrected chi connectivity index (χ0v) is 16.7. The summed E-state index contributed by atoms with van der Waals surface area (Å²) < 4.78 is 1.83. The standard InChI is InChI=1S/C21H21ClN4S/c1-2-7-20-24-25-21(27-16-18-11-13-19(22)14-12-18)26(20)23-15-6-10-17-8-4-3-5-9-17/h3-6,8-15H,2,7,16H2,1H3/b10-6-,23-15-. The Morgan fingerprint density at radius 3 is 2.59 bits per heavy atom. The van der Waals surface area contributed by atoms with Gasteiger partial charge in [-0.3, -0.25) is 0 Å². The third-order valence-corrected chi connectivity index (χ3v) is 5.03. The topological polar surface area (TPSA) is 43.1 Å². The number of aryl methyl sites for hydroxylation is 1.